The zero-order valence-electron chi connectivity index (χ0n) is 19.3. The van der Waals surface area contributed by atoms with Gasteiger partial charge in [-0.1, -0.05) is 32.0 Å². The number of anilines is 2. The van der Waals surface area contributed by atoms with Gasteiger partial charge in [-0.2, -0.15) is 4.31 Å². The number of hydrogen-bond acceptors (Lipinski definition) is 7. The number of rotatable bonds is 7. The van der Waals surface area contributed by atoms with Crippen molar-refractivity contribution < 1.29 is 27.5 Å². The fourth-order valence-corrected chi connectivity index (χ4v) is 5.74. The van der Waals surface area contributed by atoms with E-state index in [1.54, 1.807) is 44.2 Å². The summed E-state index contributed by atoms with van der Waals surface area (Å²) in [5.41, 5.74) is 2.24. The topological polar surface area (TPSA) is 105 Å². The quantitative estimate of drug-likeness (QED) is 0.598. The molecule has 1 atom stereocenters. The lowest BCUT2D eigenvalue weighted by Gasteiger charge is -2.31. The first-order valence-corrected chi connectivity index (χ1v) is 12.9. The third-order valence-electron chi connectivity index (χ3n) is 6.11. The number of morpholine rings is 1. The van der Waals surface area contributed by atoms with Crippen LogP contribution in [-0.4, -0.2) is 70.1 Å². The van der Waals surface area contributed by atoms with Crippen molar-refractivity contribution in [2.75, 3.05) is 49.6 Å². The van der Waals surface area contributed by atoms with Gasteiger partial charge in [0.1, 0.15) is 0 Å². The highest BCUT2D eigenvalue weighted by Gasteiger charge is 2.32. The zero-order chi connectivity index (χ0) is 24.3. The van der Waals surface area contributed by atoms with Crippen molar-refractivity contribution in [2.45, 2.75) is 31.3 Å². The number of fused-ring (bicyclic) bond motifs is 1. The van der Waals surface area contributed by atoms with E-state index < -0.39 is 28.0 Å². The van der Waals surface area contributed by atoms with Gasteiger partial charge in [-0.05, 0) is 29.8 Å². The zero-order valence-corrected chi connectivity index (χ0v) is 20.1. The van der Waals surface area contributed by atoms with E-state index in [1.807, 2.05) is 11.0 Å². The smallest absolute Gasteiger partial charge is 0.339 e. The van der Waals surface area contributed by atoms with Crippen LogP contribution in [0.15, 0.2) is 47.4 Å². The summed E-state index contributed by atoms with van der Waals surface area (Å²) < 4.78 is 38.4. The van der Waals surface area contributed by atoms with E-state index in [0.29, 0.717) is 56.3 Å². The molecule has 0 aliphatic carbocycles. The second-order valence-electron chi connectivity index (χ2n) is 8.11. The number of hydrogen-bond donors (Lipinski definition) is 1. The maximum absolute atomic E-state index is 13.2. The highest BCUT2D eigenvalue weighted by molar-refractivity contribution is 7.89. The highest BCUT2D eigenvalue weighted by Crippen LogP contribution is 2.32. The largest absolute Gasteiger partial charge is 0.448 e. The maximum Gasteiger partial charge on any atom is 0.339 e. The molecule has 1 amide bonds. The van der Waals surface area contributed by atoms with Crippen LogP contribution >= 0.6 is 0 Å². The molecule has 1 saturated heterocycles. The lowest BCUT2D eigenvalue weighted by Crippen LogP contribution is -2.39. The van der Waals surface area contributed by atoms with Gasteiger partial charge < -0.3 is 19.7 Å². The van der Waals surface area contributed by atoms with E-state index in [1.165, 1.54) is 10.4 Å². The standard InChI is InChI=1S/C24H29N3O6S/c1-3-27(4-2)34(30,31)18-9-10-21(26-11-13-32-14-12-26)20(16-18)25-23(28)22-15-17-7-5-6-8-19(17)24(29)33-22/h5-10,16,22H,3-4,11-15H2,1-2H3,(H,25,28). The molecule has 0 saturated carbocycles. The summed E-state index contributed by atoms with van der Waals surface area (Å²) in [6.45, 7) is 6.51. The van der Waals surface area contributed by atoms with Crippen molar-refractivity contribution in [2.24, 2.45) is 0 Å². The summed E-state index contributed by atoms with van der Waals surface area (Å²) in [7, 11) is -3.73. The summed E-state index contributed by atoms with van der Waals surface area (Å²) in [6, 6.07) is 11.8. The lowest BCUT2D eigenvalue weighted by atomic mass is 9.98. The minimum absolute atomic E-state index is 0.0921. The third-order valence-corrected chi connectivity index (χ3v) is 8.15. The lowest BCUT2D eigenvalue weighted by molar-refractivity contribution is -0.125. The van der Waals surface area contributed by atoms with Crippen molar-refractivity contribution in [1.29, 1.82) is 0 Å². The van der Waals surface area contributed by atoms with E-state index >= 15 is 0 Å². The van der Waals surface area contributed by atoms with Crippen LogP contribution in [0.2, 0.25) is 0 Å². The highest BCUT2D eigenvalue weighted by atomic mass is 32.2. The predicted molar refractivity (Wildman–Crippen MR) is 128 cm³/mol. The summed E-state index contributed by atoms with van der Waals surface area (Å²) >= 11 is 0. The van der Waals surface area contributed by atoms with Crippen LogP contribution in [0.4, 0.5) is 11.4 Å². The molecule has 1 fully saturated rings. The van der Waals surface area contributed by atoms with Crippen LogP contribution in [0.5, 0.6) is 0 Å². The number of cyclic esters (lactones) is 1. The molecule has 2 heterocycles. The summed E-state index contributed by atoms with van der Waals surface area (Å²) in [4.78, 5) is 27.7. The molecule has 0 aromatic heterocycles. The van der Waals surface area contributed by atoms with Gasteiger partial charge in [0.15, 0.2) is 6.10 Å². The molecule has 182 valence electrons. The van der Waals surface area contributed by atoms with Crippen LogP contribution in [0.3, 0.4) is 0 Å². The molecule has 9 nitrogen and oxygen atoms in total. The first kappa shape index (κ1) is 24.2. The second kappa shape index (κ2) is 10.1. The van der Waals surface area contributed by atoms with Gasteiger partial charge in [-0.15, -0.1) is 0 Å². The Morgan fingerprint density at radius 1 is 1.12 bits per heavy atom. The second-order valence-corrected chi connectivity index (χ2v) is 10.1. The van der Waals surface area contributed by atoms with Crippen molar-refractivity contribution in [3.63, 3.8) is 0 Å². The first-order valence-electron chi connectivity index (χ1n) is 11.4. The number of carbonyl (C=O) groups is 2. The van der Waals surface area contributed by atoms with Gasteiger partial charge in [0.05, 0.1) is 35.0 Å². The molecule has 1 unspecified atom stereocenters. The molecule has 10 heteroatoms. The van der Waals surface area contributed by atoms with E-state index in [9.17, 15) is 18.0 Å². The normalized spacial score (nSPS) is 18.4. The Morgan fingerprint density at radius 2 is 1.82 bits per heavy atom. The van der Waals surface area contributed by atoms with Gasteiger partial charge in [0.25, 0.3) is 5.91 Å². The van der Waals surface area contributed by atoms with E-state index in [0.717, 1.165) is 5.56 Å². The van der Waals surface area contributed by atoms with Gasteiger partial charge in [-0.3, -0.25) is 4.79 Å². The van der Waals surface area contributed by atoms with Crippen molar-refractivity contribution in [3.05, 3.63) is 53.6 Å². The number of esters is 1. The van der Waals surface area contributed by atoms with Gasteiger partial charge in [0, 0.05) is 32.6 Å². The van der Waals surface area contributed by atoms with Crippen LogP contribution in [0, 0.1) is 0 Å². The fraction of sp³-hybridized carbons (Fsp3) is 0.417. The van der Waals surface area contributed by atoms with Crippen molar-refractivity contribution >= 4 is 33.3 Å². The molecule has 2 aliphatic heterocycles. The molecule has 4 rings (SSSR count). The Hall–Kier alpha value is -2.95. The molecule has 0 bridgehead atoms. The number of amides is 1. The minimum Gasteiger partial charge on any atom is -0.448 e. The Labute approximate surface area is 199 Å². The minimum atomic E-state index is -3.73. The molecule has 0 spiro atoms. The van der Waals surface area contributed by atoms with Crippen LogP contribution < -0.4 is 10.2 Å². The van der Waals surface area contributed by atoms with Gasteiger partial charge in [0.2, 0.25) is 10.0 Å². The van der Waals surface area contributed by atoms with Crippen molar-refractivity contribution in [1.82, 2.24) is 4.31 Å². The molecule has 1 N–H and O–H groups in total. The molecule has 2 aromatic rings. The Bertz CT molecular complexity index is 1170. The Kier molecular flexibility index (Phi) is 7.20. The van der Waals surface area contributed by atoms with E-state index in [4.69, 9.17) is 9.47 Å². The molecule has 2 aliphatic rings. The first-order chi connectivity index (χ1) is 16.3. The number of benzene rings is 2. The van der Waals surface area contributed by atoms with Crippen LogP contribution in [0.1, 0.15) is 29.8 Å². The predicted octanol–water partition coefficient (Wildman–Crippen LogP) is 2.27. The van der Waals surface area contributed by atoms with E-state index in [-0.39, 0.29) is 11.3 Å². The maximum atomic E-state index is 13.2. The molecule has 34 heavy (non-hydrogen) atoms. The summed E-state index contributed by atoms with van der Waals surface area (Å²) in [6.07, 6.45) is -0.763. The number of sulfonamides is 1. The molecular formula is C24H29N3O6S. The molecule has 2 aromatic carbocycles. The van der Waals surface area contributed by atoms with Gasteiger partial charge in [-0.25, -0.2) is 13.2 Å². The number of nitrogens with one attached hydrogen (secondary N) is 1. The molecule has 0 radical (unpaired) electrons. The SMILES string of the molecule is CCN(CC)S(=O)(=O)c1ccc(N2CCOCC2)c(NC(=O)C2Cc3ccccc3C(=O)O2)c1. The average Bonchev–Trinajstić information content (AvgIpc) is 2.85. The monoisotopic (exact) mass is 487 g/mol. The number of nitrogens with zero attached hydrogens (tertiary/aromatic N) is 2. The Morgan fingerprint density at radius 3 is 2.53 bits per heavy atom. The number of carbonyl (C=O) groups excluding carboxylic acids is 2. The molecular weight excluding hydrogens is 458 g/mol. The average molecular weight is 488 g/mol. The number of ether oxygens (including phenoxy) is 2. The third kappa shape index (κ3) is 4.79. The Balaban J connectivity index is 1.65. The summed E-state index contributed by atoms with van der Waals surface area (Å²) in [5.74, 6) is -1.05. The van der Waals surface area contributed by atoms with Gasteiger partial charge >= 0.3 is 5.97 Å². The summed E-state index contributed by atoms with van der Waals surface area (Å²) in [5, 5.41) is 2.83. The van der Waals surface area contributed by atoms with Crippen LogP contribution in [0.25, 0.3) is 0 Å². The fourth-order valence-electron chi connectivity index (χ4n) is 4.26. The van der Waals surface area contributed by atoms with E-state index in [2.05, 4.69) is 5.32 Å². The van der Waals surface area contributed by atoms with Crippen LogP contribution in [-0.2, 0) is 30.7 Å². The van der Waals surface area contributed by atoms with Crippen molar-refractivity contribution in [3.8, 4) is 0 Å².